The fourth-order valence-corrected chi connectivity index (χ4v) is 4.38. The number of hydrogen-bond acceptors (Lipinski definition) is 3. The van der Waals surface area contributed by atoms with Gasteiger partial charge < -0.3 is 10.2 Å². The summed E-state index contributed by atoms with van der Waals surface area (Å²) in [6, 6.07) is 9.59. The first kappa shape index (κ1) is 15.8. The van der Waals surface area contributed by atoms with E-state index in [0.29, 0.717) is 19.5 Å². The van der Waals surface area contributed by atoms with Crippen LogP contribution in [0, 0.1) is 0 Å². The molecule has 1 aliphatic heterocycles. The molecule has 0 saturated carbocycles. The number of benzene rings is 1. The normalized spacial score (nSPS) is 20.1. The molecule has 1 heterocycles. The lowest BCUT2D eigenvalue weighted by Crippen LogP contribution is -2.47. The minimum absolute atomic E-state index is 0.0902. The third-order valence-electron chi connectivity index (χ3n) is 3.78. The van der Waals surface area contributed by atoms with Crippen molar-refractivity contribution in [1.82, 2.24) is 10.2 Å². The van der Waals surface area contributed by atoms with Crippen molar-refractivity contribution in [3.8, 4) is 0 Å². The highest BCUT2D eigenvalue weighted by Crippen LogP contribution is 2.17. The van der Waals surface area contributed by atoms with Gasteiger partial charge in [0.15, 0.2) is 9.84 Å². The van der Waals surface area contributed by atoms with Crippen LogP contribution in [0.3, 0.4) is 0 Å². The number of sulfone groups is 1. The van der Waals surface area contributed by atoms with Crippen molar-refractivity contribution < 1.29 is 13.2 Å². The topological polar surface area (TPSA) is 66.5 Å². The highest BCUT2D eigenvalue weighted by atomic mass is 32.2. The highest BCUT2D eigenvalue weighted by molar-refractivity contribution is 7.91. The Bertz CT molecular complexity index is 572. The van der Waals surface area contributed by atoms with E-state index in [4.69, 9.17) is 0 Å². The predicted octanol–water partition coefficient (Wildman–Crippen LogP) is 1.45. The Hall–Kier alpha value is -1.56. The number of carbonyl (C=O) groups is 1. The molecule has 21 heavy (non-hydrogen) atoms. The van der Waals surface area contributed by atoms with Gasteiger partial charge in [-0.1, -0.05) is 30.3 Å². The zero-order valence-electron chi connectivity index (χ0n) is 12.3. The van der Waals surface area contributed by atoms with E-state index in [1.807, 2.05) is 37.3 Å². The van der Waals surface area contributed by atoms with Crippen LogP contribution < -0.4 is 5.32 Å². The largest absolute Gasteiger partial charge is 0.338 e. The lowest BCUT2D eigenvalue weighted by molar-refractivity contribution is 0.184. The lowest BCUT2D eigenvalue weighted by atomic mass is 10.1. The average molecular weight is 310 g/mol. The van der Waals surface area contributed by atoms with E-state index in [0.717, 1.165) is 6.42 Å². The second kappa shape index (κ2) is 6.93. The van der Waals surface area contributed by atoms with Crippen molar-refractivity contribution in [2.75, 3.05) is 24.6 Å². The van der Waals surface area contributed by atoms with Gasteiger partial charge in [0.1, 0.15) is 0 Å². The maximum absolute atomic E-state index is 12.2. The van der Waals surface area contributed by atoms with Gasteiger partial charge >= 0.3 is 6.03 Å². The van der Waals surface area contributed by atoms with E-state index in [1.54, 1.807) is 4.90 Å². The van der Waals surface area contributed by atoms with Gasteiger partial charge in [-0.25, -0.2) is 13.2 Å². The summed E-state index contributed by atoms with van der Waals surface area (Å²) in [5, 5.41) is 2.88. The smallest absolute Gasteiger partial charge is 0.317 e. The fourth-order valence-electron chi connectivity index (χ4n) is 2.65. The zero-order chi connectivity index (χ0) is 15.3. The number of carbonyl (C=O) groups excluding carboxylic acids is 1. The van der Waals surface area contributed by atoms with Crippen LogP contribution in [0.25, 0.3) is 0 Å². The van der Waals surface area contributed by atoms with Crippen LogP contribution in [0.2, 0.25) is 0 Å². The van der Waals surface area contributed by atoms with Crippen molar-refractivity contribution in [2.24, 2.45) is 0 Å². The van der Waals surface area contributed by atoms with Crippen LogP contribution in [0.15, 0.2) is 30.3 Å². The van der Waals surface area contributed by atoms with Crippen molar-refractivity contribution >= 4 is 15.9 Å². The summed E-state index contributed by atoms with van der Waals surface area (Å²) < 4.78 is 23.0. The summed E-state index contributed by atoms with van der Waals surface area (Å²) in [5.41, 5.74) is 1.17. The average Bonchev–Trinajstić information content (AvgIpc) is 2.81. The maximum Gasteiger partial charge on any atom is 0.317 e. The summed E-state index contributed by atoms with van der Waals surface area (Å²) in [7, 11) is -2.97. The molecular weight excluding hydrogens is 288 g/mol. The van der Waals surface area contributed by atoms with Gasteiger partial charge in [0.25, 0.3) is 0 Å². The fraction of sp³-hybridized carbons (Fsp3) is 0.533. The molecule has 5 nitrogen and oxygen atoms in total. The molecule has 1 aromatic carbocycles. The van der Waals surface area contributed by atoms with Gasteiger partial charge in [-0.2, -0.15) is 0 Å². The van der Waals surface area contributed by atoms with Crippen LogP contribution in [-0.4, -0.2) is 50.0 Å². The van der Waals surface area contributed by atoms with E-state index in [2.05, 4.69) is 5.32 Å². The van der Waals surface area contributed by atoms with Crippen LogP contribution in [-0.2, 0) is 16.3 Å². The van der Waals surface area contributed by atoms with Gasteiger partial charge in [-0.05, 0) is 25.3 Å². The minimum atomic E-state index is -2.97. The molecule has 0 bridgehead atoms. The summed E-state index contributed by atoms with van der Waals surface area (Å²) >= 11 is 0. The molecule has 0 aliphatic carbocycles. The second-order valence-corrected chi connectivity index (χ2v) is 7.54. The third-order valence-corrected chi connectivity index (χ3v) is 5.53. The molecule has 1 aliphatic rings. The van der Waals surface area contributed by atoms with Crippen molar-refractivity contribution in [1.29, 1.82) is 0 Å². The minimum Gasteiger partial charge on any atom is -0.338 e. The van der Waals surface area contributed by atoms with Crippen molar-refractivity contribution in [2.45, 2.75) is 25.8 Å². The molecule has 0 radical (unpaired) electrons. The van der Waals surface area contributed by atoms with E-state index >= 15 is 0 Å². The van der Waals surface area contributed by atoms with Gasteiger partial charge in [-0.15, -0.1) is 0 Å². The molecule has 0 aromatic heterocycles. The van der Waals surface area contributed by atoms with Crippen molar-refractivity contribution in [3.63, 3.8) is 0 Å². The maximum atomic E-state index is 12.2. The monoisotopic (exact) mass is 310 g/mol. The molecule has 1 N–H and O–H groups in total. The Morgan fingerprint density at radius 1 is 1.33 bits per heavy atom. The summed E-state index contributed by atoms with van der Waals surface area (Å²) in [6.45, 7) is 2.96. The molecule has 1 fully saturated rings. The summed E-state index contributed by atoms with van der Waals surface area (Å²) in [5.74, 6) is 0.276. The Morgan fingerprint density at radius 2 is 2.05 bits per heavy atom. The van der Waals surface area contributed by atoms with E-state index < -0.39 is 9.84 Å². The number of amides is 2. The van der Waals surface area contributed by atoms with E-state index in [-0.39, 0.29) is 23.6 Å². The second-order valence-electron chi connectivity index (χ2n) is 5.31. The number of nitrogens with one attached hydrogen (secondary N) is 1. The molecule has 1 unspecified atom stereocenters. The van der Waals surface area contributed by atoms with Gasteiger partial charge in [0, 0.05) is 19.1 Å². The Kier molecular flexibility index (Phi) is 5.22. The molecular formula is C15H22N2O3S. The van der Waals surface area contributed by atoms with E-state index in [1.165, 1.54) is 5.56 Å². The molecule has 6 heteroatoms. The molecule has 0 spiro atoms. The molecule has 1 saturated heterocycles. The SMILES string of the molecule is CCN(C(=O)NCCc1ccccc1)C1CCS(=O)(=O)C1. The molecule has 2 amide bonds. The Balaban J connectivity index is 1.83. The first-order valence-corrected chi connectivity index (χ1v) is 9.13. The standard InChI is InChI=1S/C15H22N2O3S/c1-2-17(14-9-11-21(19,20)12-14)15(18)16-10-8-13-6-4-3-5-7-13/h3-7,14H,2,8-12H2,1H3,(H,16,18). The zero-order valence-corrected chi connectivity index (χ0v) is 13.1. The lowest BCUT2D eigenvalue weighted by Gasteiger charge is -2.27. The molecule has 2 rings (SSSR count). The van der Waals surface area contributed by atoms with Crippen LogP contribution in [0.5, 0.6) is 0 Å². The first-order valence-electron chi connectivity index (χ1n) is 7.30. The van der Waals surface area contributed by atoms with Gasteiger partial charge in [-0.3, -0.25) is 0 Å². The van der Waals surface area contributed by atoms with E-state index in [9.17, 15) is 13.2 Å². The quantitative estimate of drug-likeness (QED) is 0.895. The third kappa shape index (κ3) is 4.46. The van der Waals surface area contributed by atoms with Gasteiger partial charge in [0.2, 0.25) is 0 Å². The predicted molar refractivity (Wildman–Crippen MR) is 83.0 cm³/mol. The van der Waals surface area contributed by atoms with Gasteiger partial charge in [0.05, 0.1) is 11.5 Å². The van der Waals surface area contributed by atoms with Crippen LogP contribution in [0.1, 0.15) is 18.9 Å². The number of urea groups is 1. The summed E-state index contributed by atoms with van der Waals surface area (Å²) in [4.78, 5) is 13.8. The Morgan fingerprint density at radius 3 is 2.62 bits per heavy atom. The molecule has 1 aromatic rings. The highest BCUT2D eigenvalue weighted by Gasteiger charge is 2.33. The Labute approximate surface area is 126 Å². The number of rotatable bonds is 5. The molecule has 116 valence electrons. The number of nitrogens with zero attached hydrogens (tertiary/aromatic N) is 1. The first-order chi connectivity index (χ1) is 10.0. The number of hydrogen-bond donors (Lipinski definition) is 1. The van der Waals surface area contributed by atoms with Crippen LogP contribution in [0.4, 0.5) is 4.79 Å². The molecule has 1 atom stereocenters. The van der Waals surface area contributed by atoms with Crippen LogP contribution >= 0.6 is 0 Å². The summed E-state index contributed by atoms with van der Waals surface area (Å²) in [6.07, 6.45) is 1.31. The van der Waals surface area contributed by atoms with Crippen molar-refractivity contribution in [3.05, 3.63) is 35.9 Å².